The number of ether oxygens (including phenoxy) is 2. The van der Waals surface area contributed by atoms with Crippen LogP contribution in [0.25, 0.3) is 43.4 Å². The standard InChI is InChI=1S/C60H73FN10O6S/c1-7-38-10-8-11-41-28-44(72)29-45(48(38)41)50-49(61)51-46(30-62-50)54(70-31-42-17-18-43(32-70)65-42)68-58(66-51)76-27-26-69-24-19-37(20-25-69)33-77-60(21-22-60)57(75)67-53(59(4,5)6)56(74)71-23-9-12-47(71)55(73)64-35(2)39-13-15-40(16-14-39)52-36(3)63-34-78-52/h8,10-11,13-16,28-30,34-35,37,42-43,47,53,65,72H,7,9,12,17-27,31-33H2,1-6H3,(H,64,73)(H,67,75)/t35-,42?,43?,47-,53+/m0/s1. The molecule has 6 aromatic rings. The molecule has 412 valence electrons. The van der Waals surface area contributed by atoms with Gasteiger partial charge in [0.15, 0.2) is 5.82 Å². The van der Waals surface area contributed by atoms with Crippen LogP contribution < -0.4 is 25.6 Å². The zero-order valence-corrected chi connectivity index (χ0v) is 46.6. The summed E-state index contributed by atoms with van der Waals surface area (Å²) in [7, 11) is 0. The van der Waals surface area contributed by atoms with Crippen LogP contribution in [0.15, 0.2) is 66.3 Å². The van der Waals surface area contributed by atoms with Gasteiger partial charge in [0, 0.05) is 50.0 Å². The van der Waals surface area contributed by atoms with Gasteiger partial charge in [0.2, 0.25) is 11.8 Å². The van der Waals surface area contributed by atoms with Crippen molar-refractivity contribution < 1.29 is 33.4 Å². The molecular formula is C60H73FN10O6S. The molecular weight excluding hydrogens is 1010 g/mol. The number of anilines is 1. The number of nitrogens with zero attached hydrogens (tertiary/aromatic N) is 7. The zero-order chi connectivity index (χ0) is 54.5. The Kier molecular flexibility index (Phi) is 15.2. The monoisotopic (exact) mass is 1080 g/mol. The van der Waals surface area contributed by atoms with E-state index in [4.69, 9.17) is 24.4 Å². The summed E-state index contributed by atoms with van der Waals surface area (Å²) in [6.07, 6.45) is 8.71. The SMILES string of the molecule is CCc1cccc2cc(O)cc(-c3ncc4c(N5CC6CCC(C5)N6)nc(OCCN5CCC(COC6(C(=O)N[C@H](C(=O)N7CCC[C@H]7C(=O)N[C@@H](C)c7ccc(-c8scnc8C)cc7)C(C)(C)C)CC6)CC5)nc4c3F)c12. The van der Waals surface area contributed by atoms with E-state index in [0.29, 0.717) is 80.8 Å². The molecule has 3 aromatic carbocycles. The minimum absolute atomic E-state index is 0.0324. The second-order valence-electron chi connectivity index (χ2n) is 23.4. The summed E-state index contributed by atoms with van der Waals surface area (Å²) in [4.78, 5) is 68.5. The highest BCUT2D eigenvalue weighted by atomic mass is 32.1. The van der Waals surface area contributed by atoms with E-state index >= 15 is 4.39 Å². The summed E-state index contributed by atoms with van der Waals surface area (Å²) in [5.74, 6) is -0.414. The molecule has 1 saturated carbocycles. The Morgan fingerprint density at radius 3 is 2.41 bits per heavy atom. The number of phenolic OH excluding ortho intramolecular Hbond substituents is 1. The fourth-order valence-electron chi connectivity index (χ4n) is 12.2. The van der Waals surface area contributed by atoms with E-state index in [1.54, 1.807) is 34.6 Å². The number of pyridine rings is 1. The fraction of sp³-hybridized carbons (Fsp3) is 0.517. The molecule has 3 aromatic heterocycles. The van der Waals surface area contributed by atoms with Crippen molar-refractivity contribution >= 4 is 56.6 Å². The molecule has 1 aliphatic carbocycles. The van der Waals surface area contributed by atoms with Crippen molar-refractivity contribution in [1.82, 2.24) is 45.7 Å². The first kappa shape index (κ1) is 53.7. The number of carbonyl (C=O) groups excluding carboxylic acids is 3. The van der Waals surface area contributed by atoms with Crippen molar-refractivity contribution in [3.05, 3.63) is 88.9 Å². The number of halogens is 1. The van der Waals surface area contributed by atoms with Gasteiger partial charge < -0.3 is 40.3 Å². The number of amides is 3. The van der Waals surface area contributed by atoms with Gasteiger partial charge in [-0.25, -0.2) is 9.37 Å². The van der Waals surface area contributed by atoms with Gasteiger partial charge in [-0.1, -0.05) is 70.2 Å². The van der Waals surface area contributed by atoms with Gasteiger partial charge in [-0.3, -0.25) is 24.3 Å². The smallest absolute Gasteiger partial charge is 0.319 e. The second-order valence-corrected chi connectivity index (χ2v) is 24.3. The van der Waals surface area contributed by atoms with Crippen LogP contribution in [0.3, 0.4) is 0 Å². The van der Waals surface area contributed by atoms with Crippen molar-refractivity contribution in [1.29, 1.82) is 0 Å². The first-order valence-electron chi connectivity index (χ1n) is 28.1. The number of nitrogens with one attached hydrogen (secondary N) is 3. The number of thiazole rings is 1. The topological polar surface area (TPSA) is 187 Å². The number of likely N-dealkylation sites (tertiary alicyclic amines) is 2. The highest BCUT2D eigenvalue weighted by molar-refractivity contribution is 7.13. The Hall–Kier alpha value is -6.34. The van der Waals surface area contributed by atoms with Gasteiger partial charge in [0.05, 0.1) is 34.1 Å². The molecule has 0 radical (unpaired) electrons. The molecule has 4 N–H and O–H groups in total. The van der Waals surface area contributed by atoms with Crippen LogP contribution in [0.5, 0.6) is 11.8 Å². The predicted octanol–water partition coefficient (Wildman–Crippen LogP) is 8.66. The van der Waals surface area contributed by atoms with Gasteiger partial charge in [-0.05, 0) is 136 Å². The number of piperidine rings is 1. The average Bonchev–Trinajstić information content (AvgIpc) is 3.69. The number of fused-ring (bicyclic) bond motifs is 4. The highest BCUT2D eigenvalue weighted by Gasteiger charge is 2.54. The van der Waals surface area contributed by atoms with Gasteiger partial charge >= 0.3 is 6.01 Å². The van der Waals surface area contributed by atoms with Gasteiger partial charge in [-0.15, -0.1) is 11.3 Å². The number of piperazine rings is 1. The lowest BCUT2D eigenvalue weighted by Crippen LogP contribution is -2.59. The van der Waals surface area contributed by atoms with Crippen molar-refractivity contribution in [2.24, 2.45) is 11.3 Å². The van der Waals surface area contributed by atoms with Crippen molar-refractivity contribution in [2.75, 3.05) is 57.4 Å². The normalized spacial score (nSPS) is 21.2. The highest BCUT2D eigenvalue weighted by Crippen LogP contribution is 2.43. The molecule has 0 spiro atoms. The van der Waals surface area contributed by atoms with E-state index in [2.05, 4.69) is 49.8 Å². The van der Waals surface area contributed by atoms with Gasteiger partial charge in [0.1, 0.15) is 47.1 Å². The Morgan fingerprint density at radius 2 is 1.72 bits per heavy atom. The lowest BCUT2D eigenvalue weighted by Gasteiger charge is -2.36. The molecule has 2 unspecified atom stereocenters. The van der Waals surface area contributed by atoms with E-state index in [9.17, 15) is 19.5 Å². The number of hydrogen-bond donors (Lipinski definition) is 4. The summed E-state index contributed by atoms with van der Waals surface area (Å²) in [6, 6.07) is 16.3. The molecule has 4 saturated heterocycles. The van der Waals surface area contributed by atoms with Crippen LogP contribution in [-0.2, 0) is 25.5 Å². The number of aromatic hydroxyl groups is 1. The maximum atomic E-state index is 17.1. The molecule has 5 fully saturated rings. The Balaban J connectivity index is 0.693. The minimum atomic E-state index is -0.978. The second kappa shape index (κ2) is 22.1. The van der Waals surface area contributed by atoms with E-state index in [1.165, 1.54) is 0 Å². The van der Waals surface area contributed by atoms with Crippen molar-refractivity contribution in [2.45, 2.75) is 135 Å². The maximum Gasteiger partial charge on any atom is 0.319 e. The van der Waals surface area contributed by atoms with Crippen molar-refractivity contribution in [3.8, 4) is 33.5 Å². The summed E-state index contributed by atoms with van der Waals surface area (Å²) in [5.41, 5.74) is 5.07. The van der Waals surface area contributed by atoms with Crippen LogP contribution in [0.4, 0.5) is 10.2 Å². The molecule has 78 heavy (non-hydrogen) atoms. The number of phenols is 1. The molecule has 4 aliphatic heterocycles. The number of benzene rings is 3. The van der Waals surface area contributed by atoms with E-state index in [0.717, 1.165) is 96.3 Å². The fourth-order valence-corrected chi connectivity index (χ4v) is 13.0. The summed E-state index contributed by atoms with van der Waals surface area (Å²) < 4.78 is 29.9. The lowest BCUT2D eigenvalue weighted by molar-refractivity contribution is -0.147. The zero-order valence-electron chi connectivity index (χ0n) is 45.7. The maximum absolute atomic E-state index is 17.1. The van der Waals surface area contributed by atoms with Crippen LogP contribution >= 0.6 is 11.3 Å². The van der Waals surface area contributed by atoms with Gasteiger partial charge in [-0.2, -0.15) is 9.97 Å². The predicted molar refractivity (Wildman–Crippen MR) is 301 cm³/mol. The largest absolute Gasteiger partial charge is 0.508 e. The Bertz CT molecular complexity index is 3200. The number of aryl methyl sites for hydroxylation is 2. The number of rotatable bonds is 17. The molecule has 2 bridgehead atoms. The van der Waals surface area contributed by atoms with Crippen LogP contribution in [0.2, 0.25) is 0 Å². The van der Waals surface area contributed by atoms with Crippen molar-refractivity contribution in [3.63, 3.8) is 0 Å². The molecule has 3 amide bonds. The first-order valence-corrected chi connectivity index (χ1v) is 29.0. The average molecular weight is 1080 g/mol. The molecule has 5 aliphatic rings. The van der Waals surface area contributed by atoms with E-state index in [-0.39, 0.29) is 52.7 Å². The van der Waals surface area contributed by atoms with Crippen LogP contribution in [0, 0.1) is 24.1 Å². The molecule has 11 rings (SSSR count). The lowest BCUT2D eigenvalue weighted by atomic mass is 9.85. The minimum Gasteiger partial charge on any atom is -0.508 e. The third kappa shape index (κ3) is 11.0. The third-order valence-corrected chi connectivity index (χ3v) is 17.9. The Labute approximate surface area is 459 Å². The van der Waals surface area contributed by atoms with E-state index < -0.39 is 28.9 Å². The summed E-state index contributed by atoms with van der Waals surface area (Å²) in [5, 5.41) is 22.9. The van der Waals surface area contributed by atoms with Crippen LogP contribution in [-0.4, -0.2) is 135 Å². The van der Waals surface area contributed by atoms with Crippen LogP contribution in [0.1, 0.15) is 109 Å². The Morgan fingerprint density at radius 1 is 0.962 bits per heavy atom. The molecule has 5 atom stereocenters. The number of hydrogen-bond acceptors (Lipinski definition) is 14. The summed E-state index contributed by atoms with van der Waals surface area (Å²) >= 11 is 1.60. The first-order chi connectivity index (χ1) is 37.5. The molecule has 7 heterocycles. The molecule has 16 nitrogen and oxygen atoms in total. The summed E-state index contributed by atoms with van der Waals surface area (Å²) in [6.45, 7) is 16.7. The number of aromatic nitrogens is 4. The third-order valence-electron chi connectivity index (χ3n) is 16.9. The van der Waals surface area contributed by atoms with Gasteiger partial charge in [0.25, 0.3) is 5.91 Å². The number of carbonyl (C=O) groups is 3. The quantitative estimate of drug-likeness (QED) is 0.0681. The molecule has 18 heteroatoms. The van der Waals surface area contributed by atoms with E-state index in [1.807, 2.05) is 70.5 Å².